The summed E-state index contributed by atoms with van der Waals surface area (Å²) in [5, 5.41) is 3.12. The molecule has 0 aromatic heterocycles. The van der Waals surface area contributed by atoms with Crippen LogP contribution in [-0.2, 0) is 4.74 Å². The van der Waals surface area contributed by atoms with Crippen LogP contribution >= 0.6 is 15.9 Å². The maximum atomic E-state index is 13.4. The summed E-state index contributed by atoms with van der Waals surface area (Å²) in [7, 11) is 0. The van der Waals surface area contributed by atoms with Gasteiger partial charge in [-0.3, -0.25) is 0 Å². The van der Waals surface area contributed by atoms with Crippen LogP contribution in [0.4, 0.5) is 10.1 Å². The van der Waals surface area contributed by atoms with Crippen LogP contribution in [0.1, 0.15) is 6.42 Å². The highest BCUT2D eigenvalue weighted by Crippen LogP contribution is 2.21. The van der Waals surface area contributed by atoms with E-state index in [9.17, 15) is 4.39 Å². The molecule has 1 aliphatic heterocycles. The van der Waals surface area contributed by atoms with Gasteiger partial charge in [0.15, 0.2) is 0 Å². The van der Waals surface area contributed by atoms with Crippen LogP contribution in [0.5, 0.6) is 0 Å². The molecule has 0 spiro atoms. The lowest BCUT2D eigenvalue weighted by molar-refractivity contribution is 0.195. The van der Waals surface area contributed by atoms with Crippen molar-refractivity contribution >= 4 is 21.6 Å². The van der Waals surface area contributed by atoms with Gasteiger partial charge in [0.2, 0.25) is 0 Å². The summed E-state index contributed by atoms with van der Waals surface area (Å²) < 4.78 is 19.3. The molecule has 0 amide bonds. The quantitative estimate of drug-likeness (QED) is 0.882. The van der Waals surface area contributed by atoms with E-state index in [0.717, 1.165) is 17.5 Å². The van der Waals surface area contributed by atoms with Crippen LogP contribution in [0.2, 0.25) is 0 Å². The first-order chi connectivity index (χ1) is 6.75. The average molecular weight is 260 g/mol. The van der Waals surface area contributed by atoms with E-state index in [-0.39, 0.29) is 11.9 Å². The van der Waals surface area contributed by atoms with Crippen molar-refractivity contribution in [2.75, 3.05) is 18.5 Å². The zero-order valence-corrected chi connectivity index (χ0v) is 9.18. The molecular formula is C10H11BrFNO. The van der Waals surface area contributed by atoms with E-state index in [2.05, 4.69) is 21.2 Å². The molecule has 1 heterocycles. The van der Waals surface area contributed by atoms with Gasteiger partial charge in [0.25, 0.3) is 0 Å². The average Bonchev–Trinajstić information content (AvgIpc) is 2.62. The van der Waals surface area contributed by atoms with Crippen molar-refractivity contribution in [3.8, 4) is 0 Å². The molecule has 1 atom stereocenters. The van der Waals surface area contributed by atoms with Crippen LogP contribution < -0.4 is 5.32 Å². The molecule has 2 rings (SSSR count). The van der Waals surface area contributed by atoms with Gasteiger partial charge in [0, 0.05) is 11.1 Å². The summed E-state index contributed by atoms with van der Waals surface area (Å²) in [4.78, 5) is 0. The van der Waals surface area contributed by atoms with Crippen molar-refractivity contribution in [3.05, 3.63) is 28.5 Å². The summed E-state index contributed by atoms with van der Waals surface area (Å²) >= 11 is 3.22. The molecule has 2 nitrogen and oxygen atoms in total. The number of rotatable bonds is 2. The Morgan fingerprint density at radius 2 is 2.36 bits per heavy atom. The van der Waals surface area contributed by atoms with Crippen molar-refractivity contribution in [1.82, 2.24) is 0 Å². The molecule has 1 unspecified atom stereocenters. The van der Waals surface area contributed by atoms with E-state index in [0.29, 0.717) is 12.3 Å². The van der Waals surface area contributed by atoms with Gasteiger partial charge >= 0.3 is 0 Å². The number of hydrogen-bond donors (Lipinski definition) is 1. The third-order valence-electron chi connectivity index (χ3n) is 2.22. The molecule has 1 aromatic carbocycles. The van der Waals surface area contributed by atoms with Crippen molar-refractivity contribution in [2.24, 2.45) is 0 Å². The Morgan fingerprint density at radius 3 is 3.00 bits per heavy atom. The van der Waals surface area contributed by atoms with Crippen molar-refractivity contribution in [1.29, 1.82) is 0 Å². The molecule has 0 aliphatic carbocycles. The molecule has 1 aliphatic rings. The first-order valence-corrected chi connectivity index (χ1v) is 5.34. The molecular weight excluding hydrogens is 249 g/mol. The molecule has 1 fully saturated rings. The summed E-state index contributed by atoms with van der Waals surface area (Å²) in [6.07, 6.45) is 0.940. The van der Waals surface area contributed by atoms with Crippen LogP contribution in [0, 0.1) is 5.82 Å². The van der Waals surface area contributed by atoms with E-state index < -0.39 is 0 Å². The maximum Gasteiger partial charge on any atom is 0.147 e. The fourth-order valence-electron chi connectivity index (χ4n) is 1.47. The second-order valence-corrected chi connectivity index (χ2v) is 4.24. The van der Waals surface area contributed by atoms with Gasteiger partial charge in [-0.15, -0.1) is 0 Å². The topological polar surface area (TPSA) is 21.3 Å². The van der Waals surface area contributed by atoms with Gasteiger partial charge in [-0.05, 0) is 24.6 Å². The standard InChI is InChI=1S/C10H11BrFNO/c11-7-1-2-10(9(12)5-7)13-8-3-4-14-6-8/h1-2,5,8,13H,3-4,6H2. The molecule has 0 bridgehead atoms. The Morgan fingerprint density at radius 1 is 1.50 bits per heavy atom. The van der Waals surface area contributed by atoms with Crippen molar-refractivity contribution in [3.63, 3.8) is 0 Å². The van der Waals surface area contributed by atoms with Crippen LogP contribution in [0.3, 0.4) is 0 Å². The zero-order valence-electron chi connectivity index (χ0n) is 7.59. The number of benzene rings is 1. The Hall–Kier alpha value is -0.610. The molecule has 4 heteroatoms. The third kappa shape index (κ3) is 2.25. The summed E-state index contributed by atoms with van der Waals surface area (Å²) in [5.41, 5.74) is 0.545. The van der Waals surface area contributed by atoms with Crippen molar-refractivity contribution in [2.45, 2.75) is 12.5 Å². The summed E-state index contributed by atoms with van der Waals surface area (Å²) in [6.45, 7) is 1.42. The van der Waals surface area contributed by atoms with Crippen LogP contribution in [0.15, 0.2) is 22.7 Å². The molecule has 14 heavy (non-hydrogen) atoms. The largest absolute Gasteiger partial charge is 0.379 e. The van der Waals surface area contributed by atoms with E-state index in [4.69, 9.17) is 4.74 Å². The fraction of sp³-hybridized carbons (Fsp3) is 0.400. The van der Waals surface area contributed by atoms with Gasteiger partial charge in [-0.1, -0.05) is 15.9 Å². The van der Waals surface area contributed by atoms with Crippen LogP contribution in [-0.4, -0.2) is 19.3 Å². The van der Waals surface area contributed by atoms with Gasteiger partial charge in [0.1, 0.15) is 5.82 Å². The van der Waals surface area contributed by atoms with Gasteiger partial charge in [-0.25, -0.2) is 4.39 Å². The van der Waals surface area contributed by atoms with Crippen LogP contribution in [0.25, 0.3) is 0 Å². The Bertz CT molecular complexity index is 326. The Balaban J connectivity index is 2.08. The minimum Gasteiger partial charge on any atom is -0.379 e. The Labute approximate surface area is 90.6 Å². The highest BCUT2D eigenvalue weighted by Gasteiger charge is 2.16. The molecule has 1 N–H and O–H groups in total. The summed E-state index contributed by atoms with van der Waals surface area (Å²) in [5.74, 6) is -0.230. The predicted molar refractivity (Wildman–Crippen MR) is 56.9 cm³/mol. The van der Waals surface area contributed by atoms with Gasteiger partial charge in [-0.2, -0.15) is 0 Å². The van der Waals surface area contributed by atoms with Gasteiger partial charge < -0.3 is 10.1 Å². The highest BCUT2D eigenvalue weighted by molar-refractivity contribution is 9.10. The SMILES string of the molecule is Fc1cc(Br)ccc1NC1CCOC1. The smallest absolute Gasteiger partial charge is 0.147 e. The normalized spacial score (nSPS) is 21.1. The van der Waals surface area contributed by atoms with E-state index in [1.165, 1.54) is 6.07 Å². The zero-order chi connectivity index (χ0) is 9.97. The third-order valence-corrected chi connectivity index (χ3v) is 2.71. The van der Waals surface area contributed by atoms with E-state index >= 15 is 0 Å². The number of hydrogen-bond acceptors (Lipinski definition) is 2. The van der Waals surface area contributed by atoms with Crippen molar-refractivity contribution < 1.29 is 9.13 Å². The number of anilines is 1. The first kappa shape index (κ1) is 9.93. The number of halogens is 2. The molecule has 0 radical (unpaired) electrons. The second-order valence-electron chi connectivity index (χ2n) is 3.33. The number of nitrogens with one attached hydrogen (secondary N) is 1. The molecule has 1 aromatic rings. The summed E-state index contributed by atoms with van der Waals surface area (Å²) in [6, 6.07) is 5.25. The Kier molecular flexibility index (Phi) is 3.03. The molecule has 1 saturated heterocycles. The maximum absolute atomic E-state index is 13.4. The second kappa shape index (κ2) is 4.28. The van der Waals surface area contributed by atoms with Gasteiger partial charge in [0.05, 0.1) is 18.3 Å². The molecule has 76 valence electrons. The number of ether oxygens (including phenoxy) is 1. The minimum atomic E-state index is -0.230. The highest BCUT2D eigenvalue weighted by atomic mass is 79.9. The van der Waals surface area contributed by atoms with E-state index in [1.54, 1.807) is 6.07 Å². The fourth-order valence-corrected chi connectivity index (χ4v) is 1.81. The predicted octanol–water partition coefficient (Wildman–Crippen LogP) is 2.79. The lowest BCUT2D eigenvalue weighted by Gasteiger charge is -2.12. The first-order valence-electron chi connectivity index (χ1n) is 4.55. The monoisotopic (exact) mass is 259 g/mol. The molecule has 0 saturated carbocycles. The minimum absolute atomic E-state index is 0.230. The lowest BCUT2D eigenvalue weighted by Crippen LogP contribution is -2.19. The van der Waals surface area contributed by atoms with E-state index in [1.807, 2.05) is 6.07 Å². The lowest BCUT2D eigenvalue weighted by atomic mass is 10.2.